The van der Waals surface area contributed by atoms with Crippen molar-refractivity contribution in [3.8, 4) is 0 Å². The SMILES string of the molecule is Cc1noc(C)c1C(=O)N1CCC2(CCN(C(=O)CNC(=O)c3cccs3)C2)CC1. The Morgan fingerprint density at radius 2 is 1.87 bits per heavy atom. The lowest BCUT2D eigenvalue weighted by atomic mass is 9.77. The van der Waals surface area contributed by atoms with Crippen LogP contribution in [0.1, 0.15) is 50.7 Å². The van der Waals surface area contributed by atoms with E-state index >= 15 is 0 Å². The summed E-state index contributed by atoms with van der Waals surface area (Å²) in [6, 6.07) is 3.56. The third kappa shape index (κ3) is 3.98. The first-order valence-corrected chi connectivity index (χ1v) is 11.1. The second-order valence-electron chi connectivity index (χ2n) is 8.22. The van der Waals surface area contributed by atoms with Crippen LogP contribution in [0.5, 0.6) is 0 Å². The largest absolute Gasteiger partial charge is 0.361 e. The predicted molar refractivity (Wildman–Crippen MR) is 111 cm³/mol. The van der Waals surface area contributed by atoms with Crippen LogP contribution in [-0.4, -0.2) is 65.4 Å². The molecule has 0 aliphatic carbocycles. The molecule has 0 radical (unpaired) electrons. The molecule has 2 aromatic rings. The van der Waals surface area contributed by atoms with Crippen LogP contribution in [0.4, 0.5) is 0 Å². The summed E-state index contributed by atoms with van der Waals surface area (Å²) in [5.41, 5.74) is 1.25. The van der Waals surface area contributed by atoms with Gasteiger partial charge in [-0.05, 0) is 50.0 Å². The van der Waals surface area contributed by atoms with E-state index in [0.29, 0.717) is 48.1 Å². The van der Waals surface area contributed by atoms with Crippen LogP contribution in [0.3, 0.4) is 0 Å². The first-order chi connectivity index (χ1) is 14.4. The minimum absolute atomic E-state index is 0.0173. The Balaban J connectivity index is 1.29. The number of hydrogen-bond donors (Lipinski definition) is 1. The molecule has 3 amide bonds. The van der Waals surface area contributed by atoms with E-state index in [1.54, 1.807) is 19.9 Å². The van der Waals surface area contributed by atoms with E-state index in [-0.39, 0.29) is 29.7 Å². The van der Waals surface area contributed by atoms with Crippen LogP contribution >= 0.6 is 11.3 Å². The van der Waals surface area contributed by atoms with Gasteiger partial charge in [-0.3, -0.25) is 14.4 Å². The summed E-state index contributed by atoms with van der Waals surface area (Å²) in [4.78, 5) is 41.8. The number of rotatable bonds is 4. The van der Waals surface area contributed by atoms with E-state index in [4.69, 9.17) is 4.52 Å². The van der Waals surface area contributed by atoms with Crippen LogP contribution in [0, 0.1) is 19.3 Å². The molecule has 1 spiro atoms. The van der Waals surface area contributed by atoms with Gasteiger partial charge in [0.2, 0.25) is 5.91 Å². The Morgan fingerprint density at radius 3 is 2.47 bits per heavy atom. The molecule has 9 heteroatoms. The van der Waals surface area contributed by atoms with Crippen molar-refractivity contribution >= 4 is 29.1 Å². The smallest absolute Gasteiger partial charge is 0.261 e. The first kappa shape index (κ1) is 20.6. The summed E-state index contributed by atoms with van der Waals surface area (Å²) in [6.45, 7) is 6.28. The van der Waals surface area contributed by atoms with Gasteiger partial charge in [-0.25, -0.2) is 0 Å². The summed E-state index contributed by atoms with van der Waals surface area (Å²) in [5.74, 6) is 0.271. The minimum atomic E-state index is -0.210. The van der Waals surface area contributed by atoms with Gasteiger partial charge < -0.3 is 19.6 Å². The average Bonchev–Trinajstić information content (AvgIpc) is 3.48. The number of likely N-dealkylation sites (tertiary alicyclic amines) is 2. The molecule has 0 unspecified atom stereocenters. The second-order valence-corrected chi connectivity index (χ2v) is 9.16. The molecule has 2 saturated heterocycles. The molecule has 4 rings (SSSR count). The molecule has 30 heavy (non-hydrogen) atoms. The van der Waals surface area contributed by atoms with Gasteiger partial charge in [0.05, 0.1) is 17.1 Å². The first-order valence-electron chi connectivity index (χ1n) is 10.2. The van der Waals surface area contributed by atoms with Crippen molar-refractivity contribution in [2.45, 2.75) is 33.1 Å². The topological polar surface area (TPSA) is 95.8 Å². The predicted octanol–water partition coefficient (Wildman–Crippen LogP) is 2.24. The summed E-state index contributed by atoms with van der Waals surface area (Å²) < 4.78 is 5.13. The maximum atomic E-state index is 12.8. The summed E-state index contributed by atoms with van der Waals surface area (Å²) in [5, 5.41) is 8.43. The van der Waals surface area contributed by atoms with E-state index < -0.39 is 0 Å². The molecule has 4 heterocycles. The Bertz CT molecular complexity index is 925. The number of thiophene rings is 1. The van der Waals surface area contributed by atoms with Gasteiger partial charge in [-0.2, -0.15) is 0 Å². The number of carbonyl (C=O) groups excluding carboxylic acids is 3. The summed E-state index contributed by atoms with van der Waals surface area (Å²) >= 11 is 1.36. The zero-order chi connectivity index (χ0) is 21.3. The molecular formula is C21H26N4O4S. The third-order valence-electron chi connectivity index (χ3n) is 6.29. The van der Waals surface area contributed by atoms with Crippen molar-refractivity contribution in [3.05, 3.63) is 39.4 Å². The van der Waals surface area contributed by atoms with Crippen LogP contribution in [-0.2, 0) is 4.79 Å². The van der Waals surface area contributed by atoms with Crippen molar-refractivity contribution in [1.29, 1.82) is 0 Å². The minimum Gasteiger partial charge on any atom is -0.361 e. The molecule has 2 fully saturated rings. The molecule has 0 atom stereocenters. The molecule has 0 bridgehead atoms. The maximum absolute atomic E-state index is 12.8. The van der Waals surface area contributed by atoms with Gasteiger partial charge >= 0.3 is 0 Å². The molecule has 2 aliphatic rings. The standard InChI is InChI=1S/C21H26N4O4S/c1-14-18(15(2)29-23-14)20(28)24-8-5-21(6-9-24)7-10-25(13-21)17(26)12-22-19(27)16-4-3-11-30-16/h3-4,11H,5-10,12-13H2,1-2H3,(H,22,27). The number of amides is 3. The van der Waals surface area contributed by atoms with Crippen LogP contribution in [0.2, 0.25) is 0 Å². The fraction of sp³-hybridized carbons (Fsp3) is 0.524. The third-order valence-corrected chi connectivity index (χ3v) is 7.16. The van der Waals surface area contributed by atoms with Gasteiger partial charge in [0.1, 0.15) is 11.3 Å². The van der Waals surface area contributed by atoms with E-state index in [0.717, 1.165) is 19.3 Å². The van der Waals surface area contributed by atoms with Crippen molar-refractivity contribution in [1.82, 2.24) is 20.3 Å². The van der Waals surface area contributed by atoms with Crippen LogP contribution in [0.15, 0.2) is 22.0 Å². The second kappa shape index (κ2) is 8.22. The fourth-order valence-corrected chi connectivity index (χ4v) is 5.09. The number of carbonyl (C=O) groups is 3. The Kier molecular flexibility index (Phi) is 5.64. The lowest BCUT2D eigenvalue weighted by molar-refractivity contribution is -0.129. The highest BCUT2D eigenvalue weighted by atomic mass is 32.1. The van der Waals surface area contributed by atoms with E-state index in [1.807, 2.05) is 21.2 Å². The number of aromatic nitrogens is 1. The fourth-order valence-electron chi connectivity index (χ4n) is 4.45. The monoisotopic (exact) mass is 430 g/mol. The van der Waals surface area contributed by atoms with Crippen molar-refractivity contribution < 1.29 is 18.9 Å². The highest BCUT2D eigenvalue weighted by Gasteiger charge is 2.43. The molecule has 2 aromatic heterocycles. The highest BCUT2D eigenvalue weighted by Crippen LogP contribution is 2.40. The summed E-state index contributed by atoms with van der Waals surface area (Å²) in [6.07, 6.45) is 2.67. The molecule has 160 valence electrons. The van der Waals surface area contributed by atoms with Crippen molar-refractivity contribution in [2.75, 3.05) is 32.7 Å². The Labute approximate surface area is 179 Å². The van der Waals surface area contributed by atoms with Gasteiger partial charge in [-0.15, -0.1) is 11.3 Å². The number of hydrogen-bond acceptors (Lipinski definition) is 6. The molecule has 2 aliphatic heterocycles. The zero-order valence-electron chi connectivity index (χ0n) is 17.3. The molecule has 1 N–H and O–H groups in total. The van der Waals surface area contributed by atoms with Crippen LogP contribution < -0.4 is 5.32 Å². The van der Waals surface area contributed by atoms with E-state index in [1.165, 1.54) is 11.3 Å². The van der Waals surface area contributed by atoms with Crippen LogP contribution in [0.25, 0.3) is 0 Å². The Morgan fingerprint density at radius 1 is 1.17 bits per heavy atom. The molecule has 0 saturated carbocycles. The maximum Gasteiger partial charge on any atom is 0.261 e. The molecule has 0 aromatic carbocycles. The molecular weight excluding hydrogens is 404 g/mol. The Hall–Kier alpha value is -2.68. The molecule has 8 nitrogen and oxygen atoms in total. The van der Waals surface area contributed by atoms with E-state index in [2.05, 4.69) is 10.5 Å². The average molecular weight is 431 g/mol. The number of piperidine rings is 1. The van der Waals surface area contributed by atoms with Gasteiger partial charge in [0.25, 0.3) is 11.8 Å². The van der Waals surface area contributed by atoms with Crippen molar-refractivity contribution in [3.63, 3.8) is 0 Å². The van der Waals surface area contributed by atoms with E-state index in [9.17, 15) is 14.4 Å². The highest BCUT2D eigenvalue weighted by molar-refractivity contribution is 7.12. The lowest BCUT2D eigenvalue weighted by Gasteiger charge is -2.39. The number of nitrogens with one attached hydrogen (secondary N) is 1. The quantitative estimate of drug-likeness (QED) is 0.803. The normalized spacial score (nSPS) is 18.1. The number of nitrogens with zero attached hydrogens (tertiary/aromatic N) is 3. The van der Waals surface area contributed by atoms with Crippen molar-refractivity contribution in [2.24, 2.45) is 5.41 Å². The zero-order valence-corrected chi connectivity index (χ0v) is 18.1. The van der Waals surface area contributed by atoms with Gasteiger partial charge in [-0.1, -0.05) is 11.2 Å². The van der Waals surface area contributed by atoms with Gasteiger partial charge in [0.15, 0.2) is 0 Å². The lowest BCUT2D eigenvalue weighted by Crippen LogP contribution is -2.45. The van der Waals surface area contributed by atoms with Gasteiger partial charge in [0, 0.05) is 26.2 Å². The summed E-state index contributed by atoms with van der Waals surface area (Å²) in [7, 11) is 0. The number of aryl methyl sites for hydroxylation is 2.